The molecule has 0 bridgehead atoms. The van der Waals surface area contributed by atoms with Crippen molar-refractivity contribution in [3.63, 3.8) is 0 Å². The molecule has 2 rings (SSSR count). The van der Waals surface area contributed by atoms with Gasteiger partial charge in [0.05, 0.1) is 10.7 Å². The number of hydrogen-bond donors (Lipinski definition) is 1. The molecule has 1 fully saturated rings. The van der Waals surface area contributed by atoms with Gasteiger partial charge in [-0.25, -0.2) is 0 Å². The maximum absolute atomic E-state index is 5.91. The lowest BCUT2D eigenvalue weighted by molar-refractivity contribution is 0.266. The summed E-state index contributed by atoms with van der Waals surface area (Å²) in [5, 5.41) is 4.55. The van der Waals surface area contributed by atoms with Crippen LogP contribution in [0.3, 0.4) is 0 Å². The van der Waals surface area contributed by atoms with Crippen LogP contribution in [0.2, 0.25) is 0 Å². The van der Waals surface area contributed by atoms with Crippen LogP contribution in [-0.2, 0) is 5.41 Å². The van der Waals surface area contributed by atoms with Gasteiger partial charge in [-0.3, -0.25) is 0 Å². The van der Waals surface area contributed by atoms with Gasteiger partial charge in [0.1, 0.15) is 0 Å². The van der Waals surface area contributed by atoms with Crippen molar-refractivity contribution in [3.05, 3.63) is 11.7 Å². The Morgan fingerprint density at radius 2 is 2.17 bits per heavy atom. The number of rotatable bonds is 5. The molecular weight excluding hydrogens is 266 g/mol. The molecule has 0 saturated carbocycles. The van der Waals surface area contributed by atoms with Gasteiger partial charge in [0.25, 0.3) is 0 Å². The van der Waals surface area contributed by atoms with Gasteiger partial charge in [-0.05, 0) is 12.8 Å². The van der Waals surface area contributed by atoms with Crippen molar-refractivity contribution in [2.75, 3.05) is 23.8 Å². The molecule has 6 heteroatoms. The molecule has 0 amide bonds. The Kier molecular flexibility index (Phi) is 4.98. The molecule has 0 aromatic carbocycles. The monoisotopic (exact) mass is 287 g/mol. The quantitative estimate of drug-likeness (QED) is 0.898. The second-order valence-electron chi connectivity index (χ2n) is 4.58. The Morgan fingerprint density at radius 1 is 1.39 bits per heavy atom. The summed E-state index contributed by atoms with van der Waals surface area (Å²) in [5.74, 6) is 5.05. The minimum atomic E-state index is -0.141. The molecule has 0 radical (unpaired) electrons. The van der Waals surface area contributed by atoms with Gasteiger partial charge in [-0.15, -0.1) is 11.8 Å². The van der Waals surface area contributed by atoms with Crippen molar-refractivity contribution in [1.82, 2.24) is 10.1 Å². The molecule has 1 atom stereocenters. The first-order valence-electron chi connectivity index (χ1n) is 6.49. The topological polar surface area (TPSA) is 64.9 Å². The van der Waals surface area contributed by atoms with Crippen LogP contribution in [0.1, 0.15) is 43.7 Å². The molecule has 1 aromatic rings. The molecule has 18 heavy (non-hydrogen) atoms. The van der Waals surface area contributed by atoms with Gasteiger partial charge in [0.15, 0.2) is 5.82 Å². The van der Waals surface area contributed by atoms with Crippen LogP contribution >= 0.6 is 23.5 Å². The first-order valence-corrected chi connectivity index (χ1v) is 8.69. The third-order valence-electron chi connectivity index (χ3n) is 3.74. The molecule has 0 aliphatic carbocycles. The fraction of sp³-hybridized carbons (Fsp3) is 0.833. The highest BCUT2D eigenvalue weighted by Crippen LogP contribution is 2.37. The van der Waals surface area contributed by atoms with E-state index in [1.807, 2.05) is 23.5 Å². The van der Waals surface area contributed by atoms with Crippen LogP contribution in [0.4, 0.5) is 0 Å². The lowest BCUT2D eigenvalue weighted by Gasteiger charge is -2.25. The van der Waals surface area contributed by atoms with Crippen molar-refractivity contribution in [2.24, 2.45) is 5.73 Å². The molecular formula is C12H21N3OS2. The minimum absolute atomic E-state index is 0.141. The van der Waals surface area contributed by atoms with E-state index in [-0.39, 0.29) is 5.41 Å². The van der Waals surface area contributed by atoms with Gasteiger partial charge >= 0.3 is 0 Å². The first kappa shape index (κ1) is 14.2. The Balaban J connectivity index is 2.18. The van der Waals surface area contributed by atoms with Crippen LogP contribution in [-0.4, -0.2) is 33.9 Å². The highest BCUT2D eigenvalue weighted by atomic mass is 32.2. The summed E-state index contributed by atoms with van der Waals surface area (Å²) in [6.07, 6.45) is 1.88. The zero-order chi connectivity index (χ0) is 13.0. The molecule has 1 aromatic heterocycles. The van der Waals surface area contributed by atoms with Crippen molar-refractivity contribution in [1.29, 1.82) is 0 Å². The Bertz CT molecular complexity index is 365. The summed E-state index contributed by atoms with van der Waals surface area (Å²) in [6, 6.07) is 0. The number of nitrogens with two attached hydrogens (primary N) is 1. The zero-order valence-corrected chi connectivity index (χ0v) is 12.6. The number of nitrogens with zero attached hydrogens (tertiary/aromatic N) is 2. The third-order valence-corrected chi connectivity index (χ3v) is 6.49. The average molecular weight is 287 g/mol. The largest absolute Gasteiger partial charge is 0.339 e. The van der Waals surface area contributed by atoms with Crippen LogP contribution in [0.25, 0.3) is 0 Å². The van der Waals surface area contributed by atoms with E-state index in [1.165, 1.54) is 11.5 Å². The van der Waals surface area contributed by atoms with Crippen LogP contribution < -0.4 is 5.73 Å². The lowest BCUT2D eigenvalue weighted by atomic mass is 9.82. The Morgan fingerprint density at radius 3 is 2.72 bits per heavy atom. The average Bonchev–Trinajstić information content (AvgIpc) is 2.93. The summed E-state index contributed by atoms with van der Waals surface area (Å²) in [5.41, 5.74) is 5.77. The van der Waals surface area contributed by atoms with Gasteiger partial charge in [0, 0.05) is 23.8 Å². The molecule has 1 aliphatic rings. The molecule has 1 unspecified atom stereocenters. The van der Waals surface area contributed by atoms with Crippen molar-refractivity contribution >= 4 is 23.5 Å². The molecule has 102 valence electrons. The smallest absolute Gasteiger partial charge is 0.234 e. The third kappa shape index (κ3) is 2.70. The number of hydrogen-bond acceptors (Lipinski definition) is 6. The highest BCUT2D eigenvalue weighted by Gasteiger charge is 2.34. The fourth-order valence-electron chi connectivity index (χ4n) is 2.15. The predicted octanol–water partition coefficient (Wildman–Crippen LogP) is 2.61. The molecule has 0 spiro atoms. The number of aromatic nitrogens is 2. The van der Waals surface area contributed by atoms with E-state index in [2.05, 4.69) is 24.0 Å². The summed E-state index contributed by atoms with van der Waals surface area (Å²) in [7, 11) is 0. The van der Waals surface area contributed by atoms with E-state index in [1.54, 1.807) is 0 Å². The summed E-state index contributed by atoms with van der Waals surface area (Å²) >= 11 is 3.89. The van der Waals surface area contributed by atoms with E-state index < -0.39 is 0 Å². The zero-order valence-electron chi connectivity index (χ0n) is 11.0. The van der Waals surface area contributed by atoms with E-state index >= 15 is 0 Å². The van der Waals surface area contributed by atoms with Gasteiger partial charge in [-0.1, -0.05) is 19.0 Å². The van der Waals surface area contributed by atoms with E-state index in [0.29, 0.717) is 11.8 Å². The van der Waals surface area contributed by atoms with E-state index in [0.717, 1.165) is 30.3 Å². The molecule has 2 heterocycles. The molecule has 1 saturated heterocycles. The second kappa shape index (κ2) is 6.30. The maximum Gasteiger partial charge on any atom is 0.234 e. The van der Waals surface area contributed by atoms with E-state index in [4.69, 9.17) is 10.3 Å². The molecule has 1 aliphatic heterocycles. The Labute approximate surface area is 117 Å². The maximum atomic E-state index is 5.91. The van der Waals surface area contributed by atoms with Crippen molar-refractivity contribution < 1.29 is 4.52 Å². The minimum Gasteiger partial charge on any atom is -0.339 e. The van der Waals surface area contributed by atoms with Gasteiger partial charge in [-0.2, -0.15) is 16.7 Å². The van der Waals surface area contributed by atoms with Gasteiger partial charge < -0.3 is 10.3 Å². The standard InChI is InChI=1S/C12H21N3OS2/c1-3-12(4-2,8-13)11-14-10(15-16-11)9-7-17-5-6-18-9/h9H,3-8,13H2,1-2H3. The normalized spacial score (nSPS) is 21.2. The van der Waals surface area contributed by atoms with Crippen LogP contribution in [0, 0.1) is 0 Å². The van der Waals surface area contributed by atoms with E-state index in [9.17, 15) is 0 Å². The van der Waals surface area contributed by atoms with Gasteiger partial charge in [0.2, 0.25) is 5.89 Å². The number of thioether (sulfide) groups is 2. The SMILES string of the molecule is CCC(CC)(CN)c1nc(C2CSCCS2)no1. The summed E-state index contributed by atoms with van der Waals surface area (Å²) in [6.45, 7) is 4.82. The highest BCUT2D eigenvalue weighted by molar-refractivity contribution is 8.06. The summed E-state index contributed by atoms with van der Waals surface area (Å²) < 4.78 is 5.49. The first-order chi connectivity index (χ1) is 8.75. The summed E-state index contributed by atoms with van der Waals surface area (Å²) in [4.78, 5) is 4.63. The van der Waals surface area contributed by atoms with Crippen LogP contribution in [0.5, 0.6) is 0 Å². The van der Waals surface area contributed by atoms with Crippen molar-refractivity contribution in [2.45, 2.75) is 37.4 Å². The molecule has 2 N–H and O–H groups in total. The predicted molar refractivity (Wildman–Crippen MR) is 78.1 cm³/mol. The second-order valence-corrected chi connectivity index (χ2v) is 7.04. The fourth-order valence-corrected chi connectivity index (χ4v) is 4.74. The Hall–Kier alpha value is -0.200. The van der Waals surface area contributed by atoms with Crippen molar-refractivity contribution in [3.8, 4) is 0 Å². The van der Waals surface area contributed by atoms with Crippen LogP contribution in [0.15, 0.2) is 4.52 Å². The molecule has 4 nitrogen and oxygen atoms in total. The lowest BCUT2D eigenvalue weighted by Crippen LogP contribution is -2.34.